The standard InChI is InChI=1S/C17H18O/c1-14-9-11-15(12-10-14)5-3-6-16-7-4-8-17(13-16)18-2/h3-4,6-13H,5H2,1-2H3/b6-3+. The van der Waals surface area contributed by atoms with E-state index in [1.54, 1.807) is 7.11 Å². The summed E-state index contributed by atoms with van der Waals surface area (Å²) in [4.78, 5) is 0. The van der Waals surface area contributed by atoms with Crippen LogP contribution in [0.2, 0.25) is 0 Å². The second-order valence-electron chi connectivity index (χ2n) is 4.37. The van der Waals surface area contributed by atoms with Crippen LogP contribution in [0.25, 0.3) is 6.08 Å². The second-order valence-corrected chi connectivity index (χ2v) is 4.37. The van der Waals surface area contributed by atoms with Crippen molar-refractivity contribution in [1.29, 1.82) is 0 Å². The summed E-state index contributed by atoms with van der Waals surface area (Å²) in [6, 6.07) is 16.7. The molecule has 2 aromatic carbocycles. The van der Waals surface area contributed by atoms with E-state index < -0.39 is 0 Å². The molecule has 1 heteroatoms. The van der Waals surface area contributed by atoms with Crippen molar-refractivity contribution < 1.29 is 4.74 Å². The SMILES string of the molecule is COc1cccc(/C=C/Cc2ccc(C)cc2)c1. The van der Waals surface area contributed by atoms with Gasteiger partial charge in [0.05, 0.1) is 7.11 Å². The number of allylic oxidation sites excluding steroid dienone is 1. The molecular weight excluding hydrogens is 220 g/mol. The Morgan fingerprint density at radius 2 is 1.83 bits per heavy atom. The van der Waals surface area contributed by atoms with E-state index in [0.29, 0.717) is 0 Å². The summed E-state index contributed by atoms with van der Waals surface area (Å²) in [6.45, 7) is 2.11. The van der Waals surface area contributed by atoms with Gasteiger partial charge in [0.15, 0.2) is 0 Å². The zero-order chi connectivity index (χ0) is 12.8. The van der Waals surface area contributed by atoms with Crippen LogP contribution < -0.4 is 4.74 Å². The van der Waals surface area contributed by atoms with Gasteiger partial charge in [-0.25, -0.2) is 0 Å². The normalized spacial score (nSPS) is 10.8. The zero-order valence-electron chi connectivity index (χ0n) is 10.9. The Bertz CT molecular complexity index is 524. The minimum Gasteiger partial charge on any atom is -0.497 e. The quantitative estimate of drug-likeness (QED) is 0.773. The highest BCUT2D eigenvalue weighted by Crippen LogP contribution is 2.14. The molecule has 0 radical (unpaired) electrons. The number of ether oxygens (including phenoxy) is 1. The van der Waals surface area contributed by atoms with Crippen molar-refractivity contribution in [2.75, 3.05) is 7.11 Å². The van der Waals surface area contributed by atoms with E-state index in [9.17, 15) is 0 Å². The molecule has 0 aliphatic rings. The van der Waals surface area contributed by atoms with Crippen LogP contribution in [0.3, 0.4) is 0 Å². The lowest BCUT2D eigenvalue weighted by Crippen LogP contribution is -1.83. The van der Waals surface area contributed by atoms with Crippen molar-refractivity contribution >= 4 is 6.08 Å². The minimum absolute atomic E-state index is 0.896. The molecule has 0 bridgehead atoms. The van der Waals surface area contributed by atoms with Crippen molar-refractivity contribution in [2.45, 2.75) is 13.3 Å². The van der Waals surface area contributed by atoms with E-state index in [2.05, 4.69) is 49.4 Å². The van der Waals surface area contributed by atoms with Crippen LogP contribution in [-0.4, -0.2) is 7.11 Å². The van der Waals surface area contributed by atoms with E-state index in [1.807, 2.05) is 18.2 Å². The summed E-state index contributed by atoms with van der Waals surface area (Å²) in [5.41, 5.74) is 3.80. The van der Waals surface area contributed by atoms with E-state index >= 15 is 0 Å². The Labute approximate surface area is 109 Å². The van der Waals surface area contributed by atoms with Gasteiger partial charge < -0.3 is 4.74 Å². The van der Waals surface area contributed by atoms with E-state index in [-0.39, 0.29) is 0 Å². The summed E-state index contributed by atoms with van der Waals surface area (Å²) in [5, 5.41) is 0. The van der Waals surface area contributed by atoms with Crippen LogP contribution in [-0.2, 0) is 6.42 Å². The molecule has 0 aliphatic carbocycles. The van der Waals surface area contributed by atoms with Crippen molar-refractivity contribution in [1.82, 2.24) is 0 Å². The first-order chi connectivity index (χ1) is 8.78. The van der Waals surface area contributed by atoms with E-state index in [4.69, 9.17) is 4.74 Å². The van der Waals surface area contributed by atoms with Gasteiger partial charge in [0, 0.05) is 0 Å². The van der Waals surface area contributed by atoms with Crippen molar-refractivity contribution in [3.05, 3.63) is 71.3 Å². The third-order valence-corrected chi connectivity index (χ3v) is 2.88. The molecule has 18 heavy (non-hydrogen) atoms. The van der Waals surface area contributed by atoms with Crippen LogP contribution in [0.5, 0.6) is 5.75 Å². The van der Waals surface area contributed by atoms with Gasteiger partial charge in [-0.3, -0.25) is 0 Å². The fourth-order valence-corrected chi connectivity index (χ4v) is 1.80. The van der Waals surface area contributed by atoms with Gasteiger partial charge in [0.2, 0.25) is 0 Å². The maximum absolute atomic E-state index is 5.20. The average molecular weight is 238 g/mol. The molecular formula is C17H18O. The molecule has 2 aromatic rings. The first-order valence-corrected chi connectivity index (χ1v) is 6.14. The highest BCUT2D eigenvalue weighted by atomic mass is 16.5. The van der Waals surface area contributed by atoms with Crippen LogP contribution in [0, 0.1) is 6.92 Å². The first kappa shape index (κ1) is 12.4. The Kier molecular flexibility index (Phi) is 4.19. The van der Waals surface area contributed by atoms with Crippen LogP contribution in [0.4, 0.5) is 0 Å². The number of rotatable bonds is 4. The highest BCUT2D eigenvalue weighted by molar-refractivity contribution is 5.52. The molecule has 1 nitrogen and oxygen atoms in total. The fraction of sp³-hybridized carbons (Fsp3) is 0.176. The number of methoxy groups -OCH3 is 1. The summed E-state index contributed by atoms with van der Waals surface area (Å²) in [7, 11) is 1.69. The molecule has 0 unspecified atom stereocenters. The molecule has 0 amide bonds. The van der Waals surface area contributed by atoms with Gasteiger partial charge in [0.25, 0.3) is 0 Å². The lowest BCUT2D eigenvalue weighted by atomic mass is 10.1. The van der Waals surface area contributed by atoms with Crippen molar-refractivity contribution in [3.63, 3.8) is 0 Å². The number of aryl methyl sites for hydroxylation is 1. The van der Waals surface area contributed by atoms with Gasteiger partial charge in [-0.1, -0.05) is 54.1 Å². The van der Waals surface area contributed by atoms with Gasteiger partial charge >= 0.3 is 0 Å². The molecule has 0 saturated heterocycles. The highest BCUT2D eigenvalue weighted by Gasteiger charge is 1.92. The fourth-order valence-electron chi connectivity index (χ4n) is 1.80. The smallest absolute Gasteiger partial charge is 0.119 e. The molecule has 0 heterocycles. The first-order valence-electron chi connectivity index (χ1n) is 6.14. The molecule has 92 valence electrons. The predicted molar refractivity (Wildman–Crippen MR) is 76.9 cm³/mol. The number of hydrogen-bond donors (Lipinski definition) is 0. The average Bonchev–Trinajstić information content (AvgIpc) is 2.41. The minimum atomic E-state index is 0.896. The van der Waals surface area contributed by atoms with Crippen LogP contribution in [0.1, 0.15) is 16.7 Å². The predicted octanol–water partition coefficient (Wildman–Crippen LogP) is 4.26. The third kappa shape index (κ3) is 3.49. The maximum Gasteiger partial charge on any atom is 0.119 e. The summed E-state index contributed by atoms with van der Waals surface area (Å²) >= 11 is 0. The zero-order valence-corrected chi connectivity index (χ0v) is 10.9. The molecule has 0 spiro atoms. The largest absolute Gasteiger partial charge is 0.497 e. The topological polar surface area (TPSA) is 9.23 Å². The maximum atomic E-state index is 5.20. The number of benzene rings is 2. The summed E-state index contributed by atoms with van der Waals surface area (Å²) in [5.74, 6) is 0.896. The summed E-state index contributed by atoms with van der Waals surface area (Å²) in [6.07, 6.45) is 5.26. The van der Waals surface area contributed by atoms with Gasteiger partial charge in [-0.05, 0) is 36.6 Å². The molecule has 2 rings (SSSR count). The van der Waals surface area contributed by atoms with Crippen molar-refractivity contribution in [2.24, 2.45) is 0 Å². The molecule has 0 fully saturated rings. The van der Waals surface area contributed by atoms with E-state index in [1.165, 1.54) is 16.7 Å². The van der Waals surface area contributed by atoms with Gasteiger partial charge in [0.1, 0.15) is 5.75 Å². The Morgan fingerprint density at radius 3 is 2.56 bits per heavy atom. The summed E-state index contributed by atoms with van der Waals surface area (Å²) < 4.78 is 5.20. The van der Waals surface area contributed by atoms with Crippen molar-refractivity contribution in [3.8, 4) is 5.75 Å². The molecule has 0 atom stereocenters. The van der Waals surface area contributed by atoms with Gasteiger partial charge in [-0.15, -0.1) is 0 Å². The Morgan fingerprint density at radius 1 is 1.06 bits per heavy atom. The lowest BCUT2D eigenvalue weighted by Gasteiger charge is -2.00. The molecule has 0 saturated carbocycles. The lowest BCUT2D eigenvalue weighted by molar-refractivity contribution is 0.414. The molecule has 0 aliphatic heterocycles. The van der Waals surface area contributed by atoms with Gasteiger partial charge in [-0.2, -0.15) is 0 Å². The van der Waals surface area contributed by atoms with E-state index in [0.717, 1.165) is 12.2 Å². The monoisotopic (exact) mass is 238 g/mol. The molecule has 0 aromatic heterocycles. The van der Waals surface area contributed by atoms with Crippen LogP contribution in [0.15, 0.2) is 54.6 Å². The Hall–Kier alpha value is -2.02. The third-order valence-electron chi connectivity index (χ3n) is 2.88. The second kappa shape index (κ2) is 6.06. The molecule has 0 N–H and O–H groups in total. The van der Waals surface area contributed by atoms with Crippen LogP contribution >= 0.6 is 0 Å². The Balaban J connectivity index is 2.00. The number of hydrogen-bond acceptors (Lipinski definition) is 1.